The lowest BCUT2D eigenvalue weighted by atomic mass is 9.33. The van der Waals surface area contributed by atoms with Gasteiger partial charge in [0.15, 0.2) is 0 Å². The molecule has 0 bridgehead atoms. The van der Waals surface area contributed by atoms with E-state index in [2.05, 4.69) is 346 Å². The van der Waals surface area contributed by atoms with Crippen LogP contribution in [0.4, 0.5) is 51.2 Å². The standard InChI is InChI=1S/C84H62BN3O/c1-83(2)66-45-23-25-47-72(66)86(61-39-21-10-22-40-61)73-53-70-74(51-68(73)83)87(81-62(56-31-13-6-14-32-56)41-27-42-63(81)57-33-15-7-16-34-57)76-49-60(55-29-11-5-12-30-55)50-77-80(76)85(70)71-54-79-69(84(3,4)67-46-24-26-48-78(67)89-79)52-75(71)88(77)82-64(58-35-17-8-18-36-58)43-28-44-65(82)59-37-19-9-20-38-59/h5-54H,1-4H3. The van der Waals surface area contributed by atoms with Crippen molar-refractivity contribution in [2.45, 2.75) is 38.5 Å². The van der Waals surface area contributed by atoms with E-state index >= 15 is 0 Å². The van der Waals surface area contributed by atoms with Crippen LogP contribution >= 0.6 is 0 Å². The van der Waals surface area contributed by atoms with Gasteiger partial charge >= 0.3 is 0 Å². The summed E-state index contributed by atoms with van der Waals surface area (Å²) in [6.07, 6.45) is 0. The normalized spacial score (nSPS) is 14.2. The highest BCUT2D eigenvalue weighted by Crippen LogP contribution is 2.59. The molecule has 0 aromatic heterocycles. The van der Waals surface area contributed by atoms with Crippen molar-refractivity contribution >= 4 is 74.3 Å². The first-order valence-corrected chi connectivity index (χ1v) is 31.1. The van der Waals surface area contributed by atoms with E-state index in [1.165, 1.54) is 38.8 Å². The van der Waals surface area contributed by atoms with Crippen LogP contribution in [0.3, 0.4) is 0 Å². The Bertz CT molecular complexity index is 4800. The molecule has 5 heteroatoms. The van der Waals surface area contributed by atoms with Crippen LogP contribution in [0.25, 0.3) is 55.6 Å². The van der Waals surface area contributed by atoms with E-state index in [9.17, 15) is 0 Å². The van der Waals surface area contributed by atoms with Gasteiger partial charge in [-0.1, -0.05) is 270 Å². The van der Waals surface area contributed by atoms with Gasteiger partial charge in [-0.05, 0) is 122 Å². The Labute approximate surface area is 521 Å². The van der Waals surface area contributed by atoms with E-state index in [1.54, 1.807) is 0 Å². The second-order valence-corrected chi connectivity index (χ2v) is 25.1. The van der Waals surface area contributed by atoms with Crippen molar-refractivity contribution in [1.82, 2.24) is 0 Å². The molecule has 17 rings (SSSR count). The number of hydrogen-bond acceptors (Lipinski definition) is 4. The molecule has 0 atom stereocenters. The number of hydrogen-bond donors (Lipinski definition) is 0. The van der Waals surface area contributed by atoms with Gasteiger partial charge in [-0.15, -0.1) is 0 Å². The maximum atomic E-state index is 7.31. The quantitative estimate of drug-likeness (QED) is 0.141. The minimum Gasteiger partial charge on any atom is -0.457 e. The second kappa shape index (κ2) is 20.4. The highest BCUT2D eigenvalue weighted by atomic mass is 16.5. The fourth-order valence-electron chi connectivity index (χ4n) is 15.2. The number of ether oxygens (including phenoxy) is 1. The molecule has 13 aromatic rings. The van der Waals surface area contributed by atoms with Gasteiger partial charge in [-0.2, -0.15) is 0 Å². The van der Waals surface area contributed by atoms with Gasteiger partial charge in [0.25, 0.3) is 6.71 Å². The highest BCUT2D eigenvalue weighted by Gasteiger charge is 2.49. The maximum Gasteiger partial charge on any atom is 0.252 e. The Hall–Kier alpha value is -10.9. The fraction of sp³-hybridized carbons (Fsp3) is 0.0714. The first kappa shape index (κ1) is 52.5. The lowest BCUT2D eigenvalue weighted by molar-refractivity contribution is 0.418. The van der Waals surface area contributed by atoms with Crippen molar-refractivity contribution in [2.75, 3.05) is 14.7 Å². The van der Waals surface area contributed by atoms with Crippen molar-refractivity contribution in [2.24, 2.45) is 0 Å². The Morgan fingerprint density at radius 3 is 1.18 bits per heavy atom. The summed E-state index contributed by atoms with van der Waals surface area (Å²) in [7, 11) is 0. The van der Waals surface area contributed by atoms with Crippen LogP contribution < -0.4 is 35.8 Å². The van der Waals surface area contributed by atoms with Crippen LogP contribution in [0.15, 0.2) is 303 Å². The molecular weight excluding hydrogens is 1080 g/mol. The second-order valence-electron chi connectivity index (χ2n) is 25.1. The molecule has 0 amide bonds. The zero-order valence-electron chi connectivity index (χ0n) is 50.2. The van der Waals surface area contributed by atoms with E-state index in [-0.39, 0.29) is 6.71 Å². The third kappa shape index (κ3) is 8.15. The minimum absolute atomic E-state index is 0.298. The van der Waals surface area contributed by atoms with Crippen LogP contribution in [0.1, 0.15) is 49.9 Å². The van der Waals surface area contributed by atoms with Gasteiger partial charge in [0.2, 0.25) is 0 Å². The summed E-state index contributed by atoms with van der Waals surface area (Å²) in [5.41, 5.74) is 29.1. The molecule has 0 aliphatic carbocycles. The number of rotatable bonds is 8. The molecule has 13 aromatic carbocycles. The van der Waals surface area contributed by atoms with Gasteiger partial charge < -0.3 is 19.4 Å². The van der Waals surface area contributed by atoms with E-state index in [4.69, 9.17) is 4.74 Å². The molecule has 0 saturated carbocycles. The first-order chi connectivity index (χ1) is 43.7. The zero-order chi connectivity index (χ0) is 59.5. The Balaban J connectivity index is 1.08. The predicted octanol–water partition coefficient (Wildman–Crippen LogP) is 20.6. The van der Waals surface area contributed by atoms with Crippen LogP contribution in [0, 0.1) is 0 Å². The lowest BCUT2D eigenvalue weighted by Gasteiger charge is -2.48. The number of fused-ring (bicyclic) bond motifs is 8. The summed E-state index contributed by atoms with van der Waals surface area (Å²) < 4.78 is 7.31. The molecule has 4 heterocycles. The van der Waals surface area contributed by atoms with Crippen molar-refractivity contribution < 1.29 is 4.74 Å². The van der Waals surface area contributed by atoms with Crippen molar-refractivity contribution in [1.29, 1.82) is 0 Å². The average Bonchev–Trinajstić information content (AvgIpc) is 0.771. The topological polar surface area (TPSA) is 19.0 Å². The molecule has 0 spiro atoms. The molecule has 4 nitrogen and oxygen atoms in total. The number of para-hydroxylation sites is 5. The summed E-state index contributed by atoms with van der Waals surface area (Å²) in [4.78, 5) is 7.87. The molecule has 0 N–H and O–H groups in total. The van der Waals surface area contributed by atoms with Crippen molar-refractivity contribution in [3.8, 4) is 67.1 Å². The highest BCUT2D eigenvalue weighted by molar-refractivity contribution is 7.00. The minimum atomic E-state index is -0.423. The number of benzene rings is 13. The smallest absolute Gasteiger partial charge is 0.252 e. The third-order valence-corrected chi connectivity index (χ3v) is 19.5. The van der Waals surface area contributed by atoms with E-state index in [0.29, 0.717) is 0 Å². The largest absolute Gasteiger partial charge is 0.457 e. The predicted molar refractivity (Wildman–Crippen MR) is 373 cm³/mol. The van der Waals surface area contributed by atoms with Gasteiger partial charge in [0, 0.05) is 78.3 Å². The van der Waals surface area contributed by atoms with E-state index in [1.807, 2.05) is 0 Å². The van der Waals surface area contributed by atoms with Crippen LogP contribution in [-0.2, 0) is 10.8 Å². The summed E-state index contributed by atoms with van der Waals surface area (Å²) in [6, 6.07) is 113. The molecular formula is C84H62BN3O. The Morgan fingerprint density at radius 2 is 0.674 bits per heavy atom. The summed E-state index contributed by atoms with van der Waals surface area (Å²) in [5, 5.41) is 0. The zero-order valence-corrected chi connectivity index (χ0v) is 50.2. The number of anilines is 9. The van der Waals surface area contributed by atoms with Crippen LogP contribution in [-0.4, -0.2) is 6.71 Å². The summed E-state index contributed by atoms with van der Waals surface area (Å²) in [6.45, 7) is 9.28. The molecule has 89 heavy (non-hydrogen) atoms. The molecule has 422 valence electrons. The average molecular weight is 1140 g/mol. The lowest BCUT2D eigenvalue weighted by Crippen LogP contribution is -2.62. The maximum absolute atomic E-state index is 7.31. The van der Waals surface area contributed by atoms with Gasteiger partial charge in [0.05, 0.1) is 17.1 Å². The number of nitrogens with zero attached hydrogens (tertiary/aromatic N) is 3. The molecule has 4 aliphatic rings. The monoisotopic (exact) mass is 1140 g/mol. The van der Waals surface area contributed by atoms with Crippen LogP contribution in [0.2, 0.25) is 0 Å². The van der Waals surface area contributed by atoms with Gasteiger partial charge in [0.1, 0.15) is 11.5 Å². The first-order valence-electron chi connectivity index (χ1n) is 31.1. The molecule has 0 radical (unpaired) electrons. The SMILES string of the molecule is CC1(C)c2ccccc2Oc2cc3c(cc21)N(c1c(-c2ccccc2)cccc1-c1ccccc1)c1cc(-c2ccccc2)cc2c1B3c1cc3c(cc1N2c1c(-c2ccccc2)cccc1-c1ccccc1)C(C)(C)c1ccccc1N3c1ccccc1. The Morgan fingerprint density at radius 1 is 0.270 bits per heavy atom. The summed E-state index contributed by atoms with van der Waals surface area (Å²) >= 11 is 0. The van der Waals surface area contributed by atoms with Crippen LogP contribution in [0.5, 0.6) is 11.5 Å². The Kier molecular flexibility index (Phi) is 12.0. The molecule has 0 unspecified atom stereocenters. The third-order valence-electron chi connectivity index (χ3n) is 19.5. The molecule has 4 aliphatic heterocycles. The van der Waals surface area contributed by atoms with Gasteiger partial charge in [-0.25, -0.2) is 0 Å². The summed E-state index contributed by atoms with van der Waals surface area (Å²) in [5.74, 6) is 1.77. The van der Waals surface area contributed by atoms with Crippen molar-refractivity contribution in [3.05, 3.63) is 326 Å². The van der Waals surface area contributed by atoms with E-state index in [0.717, 1.165) is 118 Å². The van der Waals surface area contributed by atoms with E-state index < -0.39 is 10.8 Å². The fourth-order valence-corrected chi connectivity index (χ4v) is 15.2. The molecule has 0 fully saturated rings. The molecule has 0 saturated heterocycles. The van der Waals surface area contributed by atoms with Gasteiger partial charge in [-0.3, -0.25) is 0 Å². The van der Waals surface area contributed by atoms with Crippen molar-refractivity contribution in [3.63, 3.8) is 0 Å².